The number of aromatic hydroxyl groups is 1. The highest BCUT2D eigenvalue weighted by Crippen LogP contribution is 2.36. The summed E-state index contributed by atoms with van der Waals surface area (Å²) >= 11 is 0. The molecule has 2 aromatic carbocycles. The molecule has 2 aromatic heterocycles. The molecule has 9 heteroatoms. The largest absolute Gasteiger partial charge is 0.505 e. The predicted octanol–water partition coefficient (Wildman–Crippen LogP) is 3.78. The van der Waals surface area contributed by atoms with Crippen LogP contribution in [0, 0.1) is 0 Å². The van der Waals surface area contributed by atoms with Crippen molar-refractivity contribution in [1.29, 1.82) is 0 Å². The summed E-state index contributed by atoms with van der Waals surface area (Å²) in [4.78, 5) is 32.2. The number of imidazole rings is 1. The maximum absolute atomic E-state index is 12.9. The fourth-order valence-corrected chi connectivity index (χ4v) is 4.64. The van der Waals surface area contributed by atoms with Gasteiger partial charge in [-0.15, -0.1) is 0 Å². The first kappa shape index (κ1) is 22.5. The molecule has 0 unspecified atom stereocenters. The molecule has 0 spiro atoms. The quantitative estimate of drug-likeness (QED) is 0.459. The van der Waals surface area contributed by atoms with Crippen molar-refractivity contribution in [2.45, 2.75) is 12.8 Å². The van der Waals surface area contributed by atoms with E-state index >= 15 is 0 Å². The van der Waals surface area contributed by atoms with Gasteiger partial charge in [0.15, 0.2) is 11.6 Å². The van der Waals surface area contributed by atoms with Crippen LogP contribution in [-0.2, 0) is 14.1 Å². The second-order valence-corrected chi connectivity index (χ2v) is 8.70. The number of fused-ring (bicyclic) bond motifs is 1. The number of nitrogens with one attached hydrogen (secondary N) is 1. The standard InChI is InChI=1S/C26H27N5O4/c1-29-15-18(26(34)31-12-6-7-13-31)23(32)22(29)24-28-19-14-16(10-11-20(19)30(24)2)27-25(33)17-8-4-5-9-21(17)35-3/h4-5,8-11,14-15,32H,6-7,12-13H2,1-3H3,(H,27,33). The van der Waals surface area contributed by atoms with Crippen molar-refractivity contribution in [3.05, 3.63) is 59.8 Å². The Morgan fingerprint density at radius 2 is 1.80 bits per heavy atom. The number of hydrogen-bond donors (Lipinski definition) is 2. The molecule has 9 nitrogen and oxygen atoms in total. The second kappa shape index (κ2) is 8.83. The molecular weight excluding hydrogens is 446 g/mol. The number of likely N-dealkylation sites (tertiary alicyclic amines) is 1. The first-order valence-corrected chi connectivity index (χ1v) is 11.5. The van der Waals surface area contributed by atoms with Gasteiger partial charge in [0.1, 0.15) is 11.4 Å². The summed E-state index contributed by atoms with van der Waals surface area (Å²) < 4.78 is 8.87. The Hall–Kier alpha value is -4.27. The maximum atomic E-state index is 12.9. The van der Waals surface area contributed by atoms with E-state index in [1.54, 1.807) is 59.1 Å². The van der Waals surface area contributed by atoms with Gasteiger partial charge in [-0.25, -0.2) is 4.98 Å². The molecule has 35 heavy (non-hydrogen) atoms. The van der Waals surface area contributed by atoms with E-state index in [-0.39, 0.29) is 23.1 Å². The van der Waals surface area contributed by atoms with Crippen molar-refractivity contribution < 1.29 is 19.4 Å². The Kier molecular flexibility index (Phi) is 5.68. The van der Waals surface area contributed by atoms with Gasteiger partial charge in [-0.05, 0) is 43.2 Å². The summed E-state index contributed by atoms with van der Waals surface area (Å²) in [5.41, 5.74) is 3.23. The molecule has 1 aliphatic heterocycles. The molecule has 1 saturated heterocycles. The zero-order chi connectivity index (χ0) is 24.7. The lowest BCUT2D eigenvalue weighted by Crippen LogP contribution is -2.27. The molecule has 2 N–H and O–H groups in total. The number of anilines is 1. The number of ether oxygens (including phenoxy) is 1. The number of rotatable bonds is 5. The van der Waals surface area contributed by atoms with Crippen molar-refractivity contribution in [3.63, 3.8) is 0 Å². The van der Waals surface area contributed by atoms with Gasteiger partial charge in [0.25, 0.3) is 11.8 Å². The topological polar surface area (TPSA) is 102 Å². The van der Waals surface area contributed by atoms with Gasteiger partial charge in [-0.1, -0.05) is 12.1 Å². The van der Waals surface area contributed by atoms with Crippen molar-refractivity contribution in [3.8, 4) is 23.0 Å². The fraction of sp³-hybridized carbons (Fsp3) is 0.269. The van der Waals surface area contributed by atoms with Gasteiger partial charge in [-0.3, -0.25) is 9.59 Å². The lowest BCUT2D eigenvalue weighted by Gasteiger charge is -2.14. The number of aromatic nitrogens is 3. The Labute approximate surface area is 202 Å². The van der Waals surface area contributed by atoms with Crippen LogP contribution in [0.5, 0.6) is 11.5 Å². The molecule has 3 heterocycles. The van der Waals surface area contributed by atoms with Crippen LogP contribution in [0.1, 0.15) is 33.6 Å². The Bertz CT molecular complexity index is 1450. The van der Waals surface area contributed by atoms with Gasteiger partial charge in [-0.2, -0.15) is 0 Å². The van der Waals surface area contributed by atoms with Gasteiger partial charge < -0.3 is 29.2 Å². The highest BCUT2D eigenvalue weighted by Gasteiger charge is 2.28. The lowest BCUT2D eigenvalue weighted by molar-refractivity contribution is 0.0790. The minimum atomic E-state index is -0.289. The summed E-state index contributed by atoms with van der Waals surface area (Å²) in [6.45, 7) is 1.41. The first-order chi connectivity index (χ1) is 16.9. The average molecular weight is 474 g/mol. The highest BCUT2D eigenvalue weighted by atomic mass is 16.5. The molecule has 5 rings (SSSR count). The third-order valence-corrected chi connectivity index (χ3v) is 6.48. The molecular formula is C26H27N5O4. The number of benzene rings is 2. The van der Waals surface area contributed by atoms with E-state index < -0.39 is 0 Å². The van der Waals surface area contributed by atoms with E-state index in [4.69, 9.17) is 9.72 Å². The van der Waals surface area contributed by atoms with E-state index in [1.165, 1.54) is 7.11 Å². The Balaban J connectivity index is 1.48. The minimum absolute atomic E-state index is 0.0764. The lowest BCUT2D eigenvalue weighted by atomic mass is 10.2. The van der Waals surface area contributed by atoms with Crippen LogP contribution in [0.15, 0.2) is 48.7 Å². The molecule has 2 amide bonds. The van der Waals surface area contributed by atoms with Crippen LogP contribution in [-0.4, -0.2) is 56.1 Å². The smallest absolute Gasteiger partial charge is 0.259 e. The number of carbonyl (C=O) groups excluding carboxylic acids is 2. The average Bonchev–Trinajstić information content (AvgIpc) is 3.57. The molecule has 0 atom stereocenters. The third kappa shape index (κ3) is 3.88. The summed E-state index contributed by atoms with van der Waals surface area (Å²) in [7, 11) is 5.16. The number of methoxy groups -OCH3 is 1. The highest BCUT2D eigenvalue weighted by molar-refractivity contribution is 6.07. The van der Waals surface area contributed by atoms with Crippen molar-refractivity contribution in [1.82, 2.24) is 19.0 Å². The van der Waals surface area contributed by atoms with Gasteiger partial charge >= 0.3 is 0 Å². The maximum Gasteiger partial charge on any atom is 0.259 e. The van der Waals surface area contributed by atoms with Crippen molar-refractivity contribution >= 4 is 28.5 Å². The number of amides is 2. The minimum Gasteiger partial charge on any atom is -0.505 e. The van der Waals surface area contributed by atoms with Crippen LogP contribution in [0.2, 0.25) is 0 Å². The van der Waals surface area contributed by atoms with Crippen LogP contribution < -0.4 is 10.1 Å². The summed E-state index contributed by atoms with van der Waals surface area (Å²) in [6.07, 6.45) is 3.61. The first-order valence-electron chi connectivity index (χ1n) is 11.5. The summed E-state index contributed by atoms with van der Waals surface area (Å²) in [6, 6.07) is 12.5. The molecule has 0 aliphatic carbocycles. The molecule has 1 aliphatic rings. The zero-order valence-corrected chi connectivity index (χ0v) is 19.9. The molecule has 0 radical (unpaired) electrons. The summed E-state index contributed by atoms with van der Waals surface area (Å²) in [5.74, 6) is 0.482. The monoisotopic (exact) mass is 473 g/mol. The SMILES string of the molecule is COc1ccccc1C(=O)Nc1ccc2c(c1)nc(-c1c(O)c(C(=O)N3CCCC3)cn1C)n2C. The number of para-hydroxylation sites is 1. The van der Waals surface area contributed by atoms with Crippen LogP contribution in [0.3, 0.4) is 0 Å². The number of nitrogens with zero attached hydrogens (tertiary/aromatic N) is 4. The van der Waals surface area contributed by atoms with Crippen LogP contribution in [0.4, 0.5) is 5.69 Å². The molecule has 0 bridgehead atoms. The van der Waals surface area contributed by atoms with Crippen LogP contribution in [0.25, 0.3) is 22.6 Å². The number of aryl methyl sites for hydroxylation is 2. The fourth-order valence-electron chi connectivity index (χ4n) is 4.64. The van der Waals surface area contributed by atoms with Crippen LogP contribution >= 0.6 is 0 Å². The molecule has 0 saturated carbocycles. The van der Waals surface area contributed by atoms with E-state index in [0.29, 0.717) is 47.1 Å². The van der Waals surface area contributed by atoms with Gasteiger partial charge in [0.2, 0.25) is 0 Å². The predicted molar refractivity (Wildman–Crippen MR) is 133 cm³/mol. The van der Waals surface area contributed by atoms with Crippen molar-refractivity contribution in [2.24, 2.45) is 14.1 Å². The number of carbonyl (C=O) groups is 2. The van der Waals surface area contributed by atoms with E-state index in [0.717, 1.165) is 18.4 Å². The van der Waals surface area contributed by atoms with Gasteiger partial charge in [0.05, 0.1) is 29.3 Å². The zero-order valence-electron chi connectivity index (χ0n) is 19.9. The Morgan fingerprint density at radius 3 is 2.54 bits per heavy atom. The summed E-state index contributed by atoms with van der Waals surface area (Å²) in [5, 5.41) is 13.9. The van der Waals surface area contributed by atoms with E-state index in [1.807, 2.05) is 17.7 Å². The van der Waals surface area contributed by atoms with E-state index in [2.05, 4.69) is 5.32 Å². The second-order valence-electron chi connectivity index (χ2n) is 8.70. The van der Waals surface area contributed by atoms with Gasteiger partial charge in [0, 0.05) is 39.1 Å². The molecule has 1 fully saturated rings. The Morgan fingerprint density at radius 1 is 1.06 bits per heavy atom. The normalized spacial score (nSPS) is 13.4. The van der Waals surface area contributed by atoms with E-state index in [9.17, 15) is 14.7 Å². The molecule has 180 valence electrons. The van der Waals surface area contributed by atoms with Crippen molar-refractivity contribution in [2.75, 3.05) is 25.5 Å². The third-order valence-electron chi connectivity index (χ3n) is 6.48. The molecule has 4 aromatic rings. The number of hydrogen-bond acceptors (Lipinski definition) is 5.